The number of hydrogen-bond donors (Lipinski definition) is 2. The van der Waals surface area contributed by atoms with Crippen LogP contribution in [0.25, 0.3) is 0 Å². The summed E-state index contributed by atoms with van der Waals surface area (Å²) < 4.78 is 10.9. The van der Waals surface area contributed by atoms with Crippen LogP contribution in [0.5, 0.6) is 11.5 Å². The largest absolute Gasteiger partial charge is 0.495 e. The van der Waals surface area contributed by atoms with Crippen LogP contribution in [-0.2, 0) is 0 Å². The fourth-order valence-corrected chi connectivity index (χ4v) is 2.42. The lowest BCUT2D eigenvalue weighted by atomic mass is 9.98. The molecule has 5 heteroatoms. The number of rotatable bonds is 6. The number of hydrazine groups is 1. The van der Waals surface area contributed by atoms with Gasteiger partial charge in [-0.1, -0.05) is 35.9 Å². The molecule has 21 heavy (non-hydrogen) atoms. The molecule has 2 rings (SSSR count). The van der Waals surface area contributed by atoms with Crippen molar-refractivity contribution in [3.05, 3.63) is 58.6 Å². The van der Waals surface area contributed by atoms with Gasteiger partial charge >= 0.3 is 0 Å². The molecule has 2 aromatic rings. The Morgan fingerprint density at radius 1 is 1.19 bits per heavy atom. The van der Waals surface area contributed by atoms with Gasteiger partial charge in [-0.05, 0) is 30.7 Å². The van der Waals surface area contributed by atoms with E-state index in [1.54, 1.807) is 13.2 Å². The van der Waals surface area contributed by atoms with E-state index >= 15 is 0 Å². The zero-order valence-electron chi connectivity index (χ0n) is 12.1. The lowest BCUT2D eigenvalue weighted by Crippen LogP contribution is -2.29. The Morgan fingerprint density at radius 2 is 1.95 bits per heavy atom. The fraction of sp³-hybridized carbons (Fsp3) is 0.250. The lowest BCUT2D eigenvalue weighted by molar-refractivity contribution is 0.333. The summed E-state index contributed by atoms with van der Waals surface area (Å²) in [6, 6.07) is 13.2. The van der Waals surface area contributed by atoms with Gasteiger partial charge in [0.05, 0.1) is 24.8 Å². The predicted molar refractivity (Wildman–Crippen MR) is 84.8 cm³/mol. The summed E-state index contributed by atoms with van der Waals surface area (Å²) in [6.45, 7) is 2.55. The van der Waals surface area contributed by atoms with E-state index in [1.807, 2.05) is 43.3 Å². The van der Waals surface area contributed by atoms with Crippen LogP contribution < -0.4 is 20.7 Å². The summed E-state index contributed by atoms with van der Waals surface area (Å²) in [5.74, 6) is 7.17. The average molecular weight is 307 g/mol. The van der Waals surface area contributed by atoms with Crippen molar-refractivity contribution in [3.8, 4) is 11.5 Å². The molecule has 0 saturated heterocycles. The van der Waals surface area contributed by atoms with Gasteiger partial charge in [0.15, 0.2) is 0 Å². The first kappa shape index (κ1) is 15.6. The molecule has 0 amide bonds. The minimum absolute atomic E-state index is 0.209. The van der Waals surface area contributed by atoms with Gasteiger partial charge in [0.1, 0.15) is 11.5 Å². The van der Waals surface area contributed by atoms with Crippen LogP contribution >= 0.6 is 11.6 Å². The van der Waals surface area contributed by atoms with Gasteiger partial charge in [-0.3, -0.25) is 5.84 Å². The highest BCUT2D eigenvalue weighted by Crippen LogP contribution is 2.33. The van der Waals surface area contributed by atoms with Gasteiger partial charge < -0.3 is 9.47 Å². The molecule has 0 bridgehead atoms. The minimum Gasteiger partial charge on any atom is -0.495 e. The number of benzene rings is 2. The first-order chi connectivity index (χ1) is 10.2. The quantitative estimate of drug-likeness (QED) is 0.635. The number of para-hydroxylation sites is 1. The van der Waals surface area contributed by atoms with Crippen molar-refractivity contribution in [2.24, 2.45) is 5.84 Å². The van der Waals surface area contributed by atoms with E-state index in [2.05, 4.69) is 5.43 Å². The lowest BCUT2D eigenvalue weighted by Gasteiger charge is -2.20. The van der Waals surface area contributed by atoms with Crippen LogP contribution in [0.4, 0.5) is 0 Å². The highest BCUT2D eigenvalue weighted by molar-refractivity contribution is 6.32. The zero-order valence-corrected chi connectivity index (χ0v) is 12.9. The summed E-state index contributed by atoms with van der Waals surface area (Å²) in [6.07, 6.45) is 0. The van der Waals surface area contributed by atoms with E-state index in [-0.39, 0.29) is 6.04 Å². The Kier molecular flexibility index (Phi) is 5.44. The van der Waals surface area contributed by atoms with Crippen molar-refractivity contribution in [3.63, 3.8) is 0 Å². The third-order valence-electron chi connectivity index (χ3n) is 3.21. The van der Waals surface area contributed by atoms with E-state index in [0.29, 0.717) is 17.4 Å². The van der Waals surface area contributed by atoms with Gasteiger partial charge in [0.2, 0.25) is 0 Å². The van der Waals surface area contributed by atoms with Crippen molar-refractivity contribution in [2.45, 2.75) is 13.0 Å². The monoisotopic (exact) mass is 306 g/mol. The molecular formula is C16H19ClN2O2. The van der Waals surface area contributed by atoms with Gasteiger partial charge in [0.25, 0.3) is 0 Å². The smallest absolute Gasteiger partial charge is 0.137 e. The molecule has 0 aliphatic heterocycles. The molecule has 112 valence electrons. The molecule has 0 aliphatic rings. The maximum atomic E-state index is 6.07. The number of nitrogens with two attached hydrogens (primary N) is 1. The van der Waals surface area contributed by atoms with Crippen molar-refractivity contribution in [2.75, 3.05) is 13.7 Å². The second-order valence-corrected chi connectivity index (χ2v) is 4.87. The average Bonchev–Trinajstić information content (AvgIpc) is 2.51. The van der Waals surface area contributed by atoms with Gasteiger partial charge in [-0.25, -0.2) is 5.43 Å². The molecule has 1 atom stereocenters. The molecule has 2 aromatic carbocycles. The van der Waals surface area contributed by atoms with Crippen molar-refractivity contribution >= 4 is 11.6 Å². The Bertz CT molecular complexity index is 605. The van der Waals surface area contributed by atoms with E-state index in [0.717, 1.165) is 16.9 Å². The summed E-state index contributed by atoms with van der Waals surface area (Å²) in [7, 11) is 1.59. The number of methoxy groups -OCH3 is 1. The van der Waals surface area contributed by atoms with Crippen LogP contribution in [0.1, 0.15) is 24.1 Å². The van der Waals surface area contributed by atoms with Crippen molar-refractivity contribution in [1.29, 1.82) is 0 Å². The molecule has 0 heterocycles. The molecule has 0 aromatic heterocycles. The Morgan fingerprint density at radius 3 is 2.62 bits per heavy atom. The highest BCUT2D eigenvalue weighted by atomic mass is 35.5. The molecule has 1 unspecified atom stereocenters. The number of halogens is 1. The van der Waals surface area contributed by atoms with Crippen LogP contribution in [0.15, 0.2) is 42.5 Å². The van der Waals surface area contributed by atoms with Crippen molar-refractivity contribution in [1.82, 2.24) is 5.43 Å². The molecule has 0 aliphatic carbocycles. The Hall–Kier alpha value is -1.75. The third-order valence-corrected chi connectivity index (χ3v) is 3.52. The molecule has 0 spiro atoms. The molecule has 4 nitrogen and oxygen atoms in total. The highest BCUT2D eigenvalue weighted by Gasteiger charge is 2.18. The summed E-state index contributed by atoms with van der Waals surface area (Å²) >= 11 is 6.07. The molecule has 3 N–H and O–H groups in total. The Balaban J connectivity index is 2.44. The SMILES string of the molecule is CCOc1ccccc1C(NN)c1ccc(Cl)c(OC)c1. The van der Waals surface area contributed by atoms with Crippen LogP contribution in [-0.4, -0.2) is 13.7 Å². The number of ether oxygens (including phenoxy) is 2. The molecular weight excluding hydrogens is 288 g/mol. The normalized spacial score (nSPS) is 12.0. The molecule has 0 radical (unpaired) electrons. The topological polar surface area (TPSA) is 56.5 Å². The fourth-order valence-electron chi connectivity index (χ4n) is 2.23. The van der Waals surface area contributed by atoms with Gasteiger partial charge in [-0.15, -0.1) is 0 Å². The predicted octanol–water partition coefficient (Wildman–Crippen LogP) is 3.30. The van der Waals surface area contributed by atoms with Crippen LogP contribution in [0.3, 0.4) is 0 Å². The van der Waals surface area contributed by atoms with Gasteiger partial charge in [-0.2, -0.15) is 0 Å². The summed E-state index contributed by atoms with van der Waals surface area (Å²) in [5.41, 5.74) is 4.74. The van der Waals surface area contributed by atoms with E-state index < -0.39 is 0 Å². The number of nitrogens with one attached hydrogen (secondary N) is 1. The second-order valence-electron chi connectivity index (χ2n) is 4.46. The maximum absolute atomic E-state index is 6.07. The molecule has 0 fully saturated rings. The van der Waals surface area contributed by atoms with Crippen LogP contribution in [0, 0.1) is 0 Å². The summed E-state index contributed by atoms with van der Waals surface area (Å²) in [5, 5.41) is 0.565. The van der Waals surface area contributed by atoms with E-state index in [9.17, 15) is 0 Å². The molecule has 0 saturated carbocycles. The maximum Gasteiger partial charge on any atom is 0.137 e. The number of hydrogen-bond acceptors (Lipinski definition) is 4. The first-order valence-corrected chi connectivity index (χ1v) is 7.10. The minimum atomic E-state index is -0.209. The van der Waals surface area contributed by atoms with E-state index in [1.165, 1.54) is 0 Å². The first-order valence-electron chi connectivity index (χ1n) is 6.72. The van der Waals surface area contributed by atoms with Crippen LogP contribution in [0.2, 0.25) is 5.02 Å². The zero-order chi connectivity index (χ0) is 15.2. The standard InChI is InChI=1S/C16H19ClN2O2/c1-3-21-14-7-5-4-6-12(14)16(19-18)11-8-9-13(17)15(10-11)20-2/h4-10,16,19H,3,18H2,1-2H3. The third kappa shape index (κ3) is 3.47. The van der Waals surface area contributed by atoms with Crippen molar-refractivity contribution < 1.29 is 9.47 Å². The van der Waals surface area contributed by atoms with E-state index in [4.69, 9.17) is 26.9 Å². The summed E-state index contributed by atoms with van der Waals surface area (Å²) in [4.78, 5) is 0. The van der Waals surface area contributed by atoms with Gasteiger partial charge in [0, 0.05) is 5.56 Å². The Labute approximate surface area is 129 Å². The second kappa shape index (κ2) is 7.31.